The van der Waals surface area contributed by atoms with E-state index < -0.39 is 5.97 Å². The molecule has 0 spiro atoms. The van der Waals surface area contributed by atoms with Crippen molar-refractivity contribution < 1.29 is 19.1 Å². The number of furan rings is 1. The summed E-state index contributed by atoms with van der Waals surface area (Å²) in [6.45, 7) is 3.01. The molecule has 3 aromatic carbocycles. The molecule has 6 rings (SSSR count). The van der Waals surface area contributed by atoms with E-state index in [2.05, 4.69) is 46.6 Å². The van der Waals surface area contributed by atoms with Crippen LogP contribution < -0.4 is 15.8 Å². The Hall–Kier alpha value is -3.85. The maximum absolute atomic E-state index is 11.9. The lowest BCUT2D eigenvalue weighted by Crippen LogP contribution is -2.46. The van der Waals surface area contributed by atoms with Crippen molar-refractivity contribution in [1.82, 2.24) is 10.2 Å². The molecule has 0 saturated heterocycles. The Morgan fingerprint density at radius 3 is 2.67 bits per heavy atom. The summed E-state index contributed by atoms with van der Waals surface area (Å²) >= 11 is 1.40. The third kappa shape index (κ3) is 5.11. The molecule has 1 aliphatic rings. The number of thiophene rings is 1. The summed E-state index contributed by atoms with van der Waals surface area (Å²) < 4.78 is 11.3. The molecule has 0 amide bonds. The summed E-state index contributed by atoms with van der Waals surface area (Å²) in [5, 5.41) is 16.1. The topological polar surface area (TPSA) is 101 Å². The number of methoxy groups -OCH3 is 1. The van der Waals surface area contributed by atoms with Crippen molar-refractivity contribution in [1.29, 1.82) is 0 Å². The van der Waals surface area contributed by atoms with Crippen LogP contribution in [0, 0.1) is 0 Å². The molecule has 7 nitrogen and oxygen atoms in total. The lowest BCUT2D eigenvalue weighted by atomic mass is 9.95. The van der Waals surface area contributed by atoms with Crippen molar-refractivity contribution in [3.05, 3.63) is 93.9 Å². The lowest BCUT2D eigenvalue weighted by Gasteiger charge is -2.36. The minimum Gasteiger partial charge on any atom is -0.497 e. The second-order valence-electron chi connectivity index (χ2n) is 10.0. The molecule has 8 heteroatoms. The first-order valence-corrected chi connectivity index (χ1v) is 13.9. The van der Waals surface area contributed by atoms with E-state index >= 15 is 0 Å². The molecule has 1 unspecified atom stereocenters. The van der Waals surface area contributed by atoms with Gasteiger partial charge in [-0.3, -0.25) is 4.90 Å². The molecule has 0 radical (unpaired) electrons. The standard InChI is InChI=1S/C31H31N3O4S/c1-37-22-9-6-20(7-10-22)17-34-18-28-25(29(31(35)36)30(32)39-28)15-21(34)16-33-13-12-19-8-11-27-24(14-19)23-4-2-3-5-26(23)38-27/h2-11,14,21,33H,12-13,15-18,32H2,1H3,(H,35,36). The van der Waals surface area contributed by atoms with E-state index in [0.717, 1.165) is 64.2 Å². The van der Waals surface area contributed by atoms with Crippen LogP contribution in [0.25, 0.3) is 21.9 Å². The van der Waals surface area contributed by atoms with E-state index in [1.165, 1.54) is 22.5 Å². The summed E-state index contributed by atoms with van der Waals surface area (Å²) in [5.41, 5.74) is 11.6. The van der Waals surface area contributed by atoms with Crippen molar-refractivity contribution >= 4 is 44.2 Å². The van der Waals surface area contributed by atoms with Gasteiger partial charge < -0.3 is 25.3 Å². The number of fused-ring (bicyclic) bond motifs is 4. The maximum atomic E-state index is 11.9. The van der Waals surface area contributed by atoms with Crippen LogP contribution in [0.1, 0.15) is 31.9 Å². The second kappa shape index (κ2) is 10.7. The number of nitrogens with zero attached hydrogens (tertiary/aromatic N) is 1. The van der Waals surface area contributed by atoms with Crippen LogP contribution in [-0.4, -0.2) is 42.2 Å². The number of benzene rings is 3. The third-order valence-electron chi connectivity index (χ3n) is 7.59. The van der Waals surface area contributed by atoms with E-state index in [1.54, 1.807) is 7.11 Å². The van der Waals surface area contributed by atoms with Gasteiger partial charge in [-0.15, -0.1) is 11.3 Å². The van der Waals surface area contributed by atoms with Gasteiger partial charge in [0.15, 0.2) is 0 Å². The van der Waals surface area contributed by atoms with E-state index in [4.69, 9.17) is 14.9 Å². The molecule has 39 heavy (non-hydrogen) atoms. The summed E-state index contributed by atoms with van der Waals surface area (Å²) in [7, 11) is 1.67. The number of aromatic carboxylic acids is 1. The Balaban J connectivity index is 1.16. The molecule has 0 aliphatic carbocycles. The number of carboxylic acid groups (broad SMARTS) is 1. The van der Waals surface area contributed by atoms with E-state index in [9.17, 15) is 9.90 Å². The number of nitrogens with one attached hydrogen (secondary N) is 1. The van der Waals surface area contributed by atoms with Crippen molar-refractivity contribution in [2.75, 3.05) is 25.9 Å². The maximum Gasteiger partial charge on any atom is 0.338 e. The Bertz CT molecular complexity index is 1640. The number of nitrogens with two attached hydrogens (primary N) is 1. The van der Waals surface area contributed by atoms with Crippen LogP contribution in [0.4, 0.5) is 5.00 Å². The van der Waals surface area contributed by atoms with Crippen LogP contribution in [0.3, 0.4) is 0 Å². The van der Waals surface area contributed by atoms with Gasteiger partial charge in [-0.05, 0) is 66.4 Å². The monoisotopic (exact) mass is 541 g/mol. The van der Waals surface area contributed by atoms with Crippen molar-refractivity contribution in [3.8, 4) is 5.75 Å². The summed E-state index contributed by atoms with van der Waals surface area (Å²) in [6.07, 6.45) is 1.54. The fraction of sp³-hybridized carbons (Fsp3) is 0.258. The molecular weight excluding hydrogens is 510 g/mol. The largest absolute Gasteiger partial charge is 0.497 e. The third-order valence-corrected chi connectivity index (χ3v) is 8.64. The highest BCUT2D eigenvalue weighted by atomic mass is 32.1. The molecule has 3 heterocycles. The number of hydrogen-bond donors (Lipinski definition) is 3. The molecule has 0 bridgehead atoms. The van der Waals surface area contributed by atoms with Crippen molar-refractivity contribution in [2.24, 2.45) is 0 Å². The zero-order chi connectivity index (χ0) is 26.9. The quantitative estimate of drug-likeness (QED) is 0.206. The van der Waals surface area contributed by atoms with Crippen LogP contribution in [0.5, 0.6) is 5.75 Å². The second-order valence-corrected chi connectivity index (χ2v) is 11.2. The summed E-state index contributed by atoms with van der Waals surface area (Å²) in [6, 6.07) is 22.8. The average molecular weight is 542 g/mol. The summed E-state index contributed by atoms with van der Waals surface area (Å²) in [4.78, 5) is 15.4. The van der Waals surface area contributed by atoms with Gasteiger partial charge in [-0.2, -0.15) is 0 Å². The predicted octanol–water partition coefficient (Wildman–Crippen LogP) is 5.70. The van der Waals surface area contributed by atoms with Crippen LogP contribution in [-0.2, 0) is 25.9 Å². The zero-order valence-electron chi connectivity index (χ0n) is 21.8. The van der Waals surface area contributed by atoms with Gasteiger partial charge in [0, 0.05) is 41.3 Å². The molecule has 0 saturated carbocycles. The SMILES string of the molecule is COc1ccc(CN2Cc3sc(N)c(C(=O)O)c3CC2CNCCc2ccc3oc4ccccc4c3c2)cc1. The first kappa shape index (κ1) is 25.4. The number of carbonyl (C=O) groups is 1. The molecule has 4 N–H and O–H groups in total. The van der Waals surface area contributed by atoms with E-state index in [1.807, 2.05) is 30.3 Å². The van der Waals surface area contributed by atoms with Gasteiger partial charge in [0.25, 0.3) is 0 Å². The van der Waals surface area contributed by atoms with Crippen LogP contribution in [0.15, 0.2) is 71.1 Å². The smallest absolute Gasteiger partial charge is 0.338 e. The van der Waals surface area contributed by atoms with Crippen molar-refractivity contribution in [2.45, 2.75) is 32.0 Å². The fourth-order valence-corrected chi connectivity index (χ4v) is 6.69. The van der Waals surface area contributed by atoms with E-state index in [-0.39, 0.29) is 11.6 Å². The van der Waals surface area contributed by atoms with Gasteiger partial charge in [0.05, 0.1) is 12.7 Å². The van der Waals surface area contributed by atoms with Crippen LogP contribution >= 0.6 is 11.3 Å². The molecular formula is C31H31N3O4S. The lowest BCUT2D eigenvalue weighted by molar-refractivity contribution is 0.0695. The average Bonchev–Trinajstić information content (AvgIpc) is 3.47. The molecule has 1 aliphatic heterocycles. The van der Waals surface area contributed by atoms with E-state index in [0.29, 0.717) is 18.0 Å². The van der Waals surface area contributed by atoms with Gasteiger partial charge in [-0.1, -0.05) is 36.4 Å². The highest BCUT2D eigenvalue weighted by Crippen LogP contribution is 2.37. The number of anilines is 1. The predicted molar refractivity (Wildman–Crippen MR) is 156 cm³/mol. The Morgan fingerprint density at radius 2 is 1.87 bits per heavy atom. The number of ether oxygens (including phenoxy) is 1. The van der Waals surface area contributed by atoms with Gasteiger partial charge in [-0.25, -0.2) is 4.79 Å². The fourth-order valence-electron chi connectivity index (χ4n) is 5.57. The minimum atomic E-state index is -0.942. The number of carboxylic acids is 1. The summed E-state index contributed by atoms with van der Waals surface area (Å²) in [5.74, 6) is -0.112. The van der Waals surface area contributed by atoms with Gasteiger partial charge >= 0.3 is 5.97 Å². The normalized spacial score (nSPS) is 15.6. The first-order chi connectivity index (χ1) is 19.0. The van der Waals surface area contributed by atoms with Gasteiger partial charge in [0.1, 0.15) is 21.9 Å². The number of hydrogen-bond acceptors (Lipinski definition) is 7. The highest BCUT2D eigenvalue weighted by Gasteiger charge is 2.32. The van der Waals surface area contributed by atoms with Gasteiger partial charge in [0.2, 0.25) is 0 Å². The number of para-hydroxylation sites is 1. The van der Waals surface area contributed by atoms with Crippen LogP contribution in [0.2, 0.25) is 0 Å². The molecule has 1 atom stereocenters. The molecule has 5 aromatic rings. The minimum absolute atomic E-state index is 0.145. The molecule has 200 valence electrons. The Morgan fingerprint density at radius 1 is 1.10 bits per heavy atom. The Kier molecular flexibility index (Phi) is 6.99. The molecule has 0 fully saturated rings. The zero-order valence-corrected chi connectivity index (χ0v) is 22.6. The molecule has 2 aromatic heterocycles. The Labute approximate surface area is 230 Å². The van der Waals surface area contributed by atoms with Crippen molar-refractivity contribution in [3.63, 3.8) is 0 Å². The number of nitrogen functional groups attached to an aromatic ring is 1. The number of rotatable bonds is 9. The first-order valence-electron chi connectivity index (χ1n) is 13.1. The highest BCUT2D eigenvalue weighted by molar-refractivity contribution is 7.16.